The Morgan fingerprint density at radius 2 is 1.94 bits per heavy atom. The van der Waals surface area contributed by atoms with Crippen molar-refractivity contribution in [1.82, 2.24) is 10.2 Å². The smallest absolute Gasteiger partial charge is 0.150 e. The van der Waals surface area contributed by atoms with Crippen LogP contribution in [0, 0.1) is 11.6 Å². The van der Waals surface area contributed by atoms with Gasteiger partial charge in [0.05, 0.1) is 10.6 Å². The van der Waals surface area contributed by atoms with Crippen LogP contribution >= 0.6 is 34.5 Å². The molecule has 2 nitrogen and oxygen atoms in total. The van der Waals surface area contributed by atoms with Gasteiger partial charge in [0.25, 0.3) is 0 Å². The number of alkyl halides is 1. The van der Waals surface area contributed by atoms with Crippen LogP contribution < -0.4 is 0 Å². The molecule has 0 N–H and O–H groups in total. The molecule has 0 aliphatic rings. The molecule has 2 aromatic rings. The van der Waals surface area contributed by atoms with Crippen molar-refractivity contribution in [2.45, 2.75) is 12.8 Å². The maximum Gasteiger partial charge on any atom is 0.150 e. The lowest BCUT2D eigenvalue weighted by Gasteiger charge is -2.00. The summed E-state index contributed by atoms with van der Waals surface area (Å²) in [6, 6.07) is 1.97. The van der Waals surface area contributed by atoms with E-state index in [4.69, 9.17) is 23.2 Å². The quantitative estimate of drug-likeness (QED) is 0.621. The van der Waals surface area contributed by atoms with Gasteiger partial charge in [-0.25, -0.2) is 8.78 Å². The van der Waals surface area contributed by atoms with Crippen molar-refractivity contribution in [2.24, 2.45) is 0 Å². The van der Waals surface area contributed by atoms with Crippen molar-refractivity contribution < 1.29 is 8.78 Å². The van der Waals surface area contributed by atoms with E-state index >= 15 is 0 Å². The zero-order valence-electron chi connectivity index (χ0n) is 9.09. The molecule has 96 valence electrons. The third kappa shape index (κ3) is 2.96. The molecule has 0 unspecified atom stereocenters. The van der Waals surface area contributed by atoms with Crippen molar-refractivity contribution >= 4 is 34.5 Å². The highest BCUT2D eigenvalue weighted by atomic mass is 35.5. The molecule has 0 aliphatic heterocycles. The first-order valence-corrected chi connectivity index (χ1v) is 6.88. The van der Waals surface area contributed by atoms with E-state index in [0.717, 1.165) is 23.6 Å². The lowest BCUT2D eigenvalue weighted by atomic mass is 10.2. The fourth-order valence-corrected chi connectivity index (χ4v) is 2.55. The van der Waals surface area contributed by atoms with Gasteiger partial charge in [0.1, 0.15) is 16.6 Å². The van der Waals surface area contributed by atoms with Gasteiger partial charge in [0.2, 0.25) is 0 Å². The average molecular weight is 309 g/mol. The molecule has 18 heavy (non-hydrogen) atoms. The Kier molecular flexibility index (Phi) is 4.48. The van der Waals surface area contributed by atoms with E-state index in [9.17, 15) is 8.78 Å². The highest BCUT2D eigenvalue weighted by Gasteiger charge is 2.14. The molecule has 0 radical (unpaired) electrons. The van der Waals surface area contributed by atoms with Gasteiger partial charge in [-0.2, -0.15) is 0 Å². The van der Waals surface area contributed by atoms with Crippen molar-refractivity contribution in [2.75, 3.05) is 5.88 Å². The van der Waals surface area contributed by atoms with Crippen LogP contribution in [0.15, 0.2) is 12.1 Å². The first kappa shape index (κ1) is 13.6. The Balaban J connectivity index is 2.31. The van der Waals surface area contributed by atoms with E-state index in [1.54, 1.807) is 0 Å². The van der Waals surface area contributed by atoms with E-state index in [2.05, 4.69) is 10.2 Å². The fourth-order valence-electron chi connectivity index (χ4n) is 1.37. The fraction of sp³-hybridized carbons (Fsp3) is 0.273. The molecule has 2 rings (SSSR count). The zero-order valence-corrected chi connectivity index (χ0v) is 11.4. The number of nitrogens with zero attached hydrogens (tertiary/aromatic N) is 2. The largest absolute Gasteiger partial charge is 0.206 e. The van der Waals surface area contributed by atoms with Crippen LogP contribution in [-0.4, -0.2) is 16.1 Å². The number of hydrogen-bond acceptors (Lipinski definition) is 3. The molecular weight excluding hydrogens is 301 g/mol. The molecule has 0 saturated carbocycles. The average Bonchev–Trinajstić information content (AvgIpc) is 2.79. The second kappa shape index (κ2) is 5.91. The summed E-state index contributed by atoms with van der Waals surface area (Å²) < 4.78 is 26.9. The predicted molar refractivity (Wildman–Crippen MR) is 69.3 cm³/mol. The number of aryl methyl sites for hydroxylation is 1. The van der Waals surface area contributed by atoms with E-state index < -0.39 is 11.6 Å². The number of aromatic nitrogens is 2. The number of benzene rings is 1. The van der Waals surface area contributed by atoms with E-state index in [1.807, 2.05) is 0 Å². The molecule has 0 fully saturated rings. The van der Waals surface area contributed by atoms with Crippen LogP contribution in [0.2, 0.25) is 5.02 Å². The van der Waals surface area contributed by atoms with E-state index in [0.29, 0.717) is 17.3 Å². The van der Waals surface area contributed by atoms with Crippen LogP contribution in [0.1, 0.15) is 11.4 Å². The minimum absolute atomic E-state index is 0.0755. The summed E-state index contributed by atoms with van der Waals surface area (Å²) in [6.45, 7) is 0. The van der Waals surface area contributed by atoms with Crippen molar-refractivity contribution in [3.63, 3.8) is 0 Å². The Labute approximate surface area is 117 Å². The van der Waals surface area contributed by atoms with Crippen LogP contribution in [0.5, 0.6) is 0 Å². The minimum atomic E-state index is -0.675. The first-order chi connectivity index (χ1) is 8.61. The van der Waals surface area contributed by atoms with Gasteiger partial charge in [0.15, 0.2) is 5.01 Å². The highest BCUT2D eigenvalue weighted by molar-refractivity contribution is 7.14. The third-order valence-electron chi connectivity index (χ3n) is 2.23. The van der Waals surface area contributed by atoms with Gasteiger partial charge in [-0.3, -0.25) is 0 Å². The summed E-state index contributed by atoms with van der Waals surface area (Å²) in [5.74, 6) is -0.759. The van der Waals surface area contributed by atoms with Crippen LogP contribution in [0.25, 0.3) is 10.6 Å². The predicted octanol–water partition coefficient (Wildman–Crippen LogP) is 4.31. The zero-order chi connectivity index (χ0) is 13.1. The van der Waals surface area contributed by atoms with Crippen molar-refractivity contribution in [3.8, 4) is 10.6 Å². The Morgan fingerprint density at radius 3 is 2.67 bits per heavy atom. The molecule has 7 heteroatoms. The summed E-state index contributed by atoms with van der Waals surface area (Å²) in [6.07, 6.45) is 1.45. The minimum Gasteiger partial charge on any atom is -0.206 e. The maximum atomic E-state index is 13.6. The summed E-state index contributed by atoms with van der Waals surface area (Å²) in [4.78, 5) is 0. The highest BCUT2D eigenvalue weighted by Crippen LogP contribution is 2.30. The number of halogens is 4. The topological polar surface area (TPSA) is 25.8 Å². The summed E-state index contributed by atoms with van der Waals surface area (Å²) >= 11 is 12.3. The maximum absolute atomic E-state index is 13.6. The van der Waals surface area contributed by atoms with Crippen molar-refractivity contribution in [3.05, 3.63) is 33.8 Å². The molecule has 1 aromatic carbocycles. The van der Waals surface area contributed by atoms with Crippen molar-refractivity contribution in [1.29, 1.82) is 0 Å². The molecule has 0 saturated heterocycles. The third-order valence-corrected chi connectivity index (χ3v) is 3.80. The van der Waals surface area contributed by atoms with Gasteiger partial charge in [-0.1, -0.05) is 22.9 Å². The molecule has 0 bridgehead atoms. The van der Waals surface area contributed by atoms with Crippen LogP contribution in [-0.2, 0) is 6.42 Å². The Bertz CT molecular complexity index is 560. The second-order valence-electron chi connectivity index (χ2n) is 3.54. The first-order valence-electron chi connectivity index (χ1n) is 5.15. The monoisotopic (exact) mass is 308 g/mol. The molecule has 0 atom stereocenters. The molecule has 0 spiro atoms. The van der Waals surface area contributed by atoms with Gasteiger partial charge in [-0.05, 0) is 18.6 Å². The van der Waals surface area contributed by atoms with E-state index in [1.165, 1.54) is 11.3 Å². The molecule has 0 amide bonds. The molecule has 1 heterocycles. The van der Waals surface area contributed by atoms with Gasteiger partial charge >= 0.3 is 0 Å². The Morgan fingerprint density at radius 1 is 1.17 bits per heavy atom. The second-order valence-corrected chi connectivity index (χ2v) is 5.39. The van der Waals surface area contributed by atoms with Gasteiger partial charge in [0, 0.05) is 12.3 Å². The lowest BCUT2D eigenvalue weighted by Crippen LogP contribution is -1.87. The Hall–Kier alpha value is -0.780. The SMILES string of the molecule is Fc1cc(-c2nnc(CCCCl)s2)c(F)cc1Cl. The van der Waals surface area contributed by atoms with Gasteiger partial charge < -0.3 is 0 Å². The molecular formula is C11H8Cl2F2N2S. The molecule has 0 aliphatic carbocycles. The number of hydrogen-bond donors (Lipinski definition) is 0. The lowest BCUT2D eigenvalue weighted by molar-refractivity contribution is 0.603. The standard InChI is InChI=1S/C11H8Cl2F2N2S/c12-3-1-2-10-16-17-11(18-10)6-4-9(15)7(13)5-8(6)14/h4-5H,1-3H2. The van der Waals surface area contributed by atoms with Crippen LogP contribution in [0.4, 0.5) is 8.78 Å². The summed E-state index contributed by atoms with van der Waals surface area (Å²) in [7, 11) is 0. The van der Waals surface area contributed by atoms with Gasteiger partial charge in [-0.15, -0.1) is 21.8 Å². The van der Waals surface area contributed by atoms with E-state index in [-0.39, 0.29) is 10.6 Å². The molecule has 1 aromatic heterocycles. The summed E-state index contributed by atoms with van der Waals surface area (Å²) in [5, 5.41) is 8.60. The van der Waals surface area contributed by atoms with Crippen LogP contribution in [0.3, 0.4) is 0 Å². The number of rotatable bonds is 4. The normalized spacial score (nSPS) is 10.9. The summed E-state index contributed by atoms with van der Waals surface area (Å²) in [5.41, 5.74) is 0.0755.